The first-order valence-electron chi connectivity index (χ1n) is 7.40. The van der Waals surface area contributed by atoms with Crippen LogP contribution in [0.15, 0.2) is 0 Å². The maximum Gasteiger partial charge on any atom is 0.130 e. The van der Waals surface area contributed by atoms with Crippen LogP contribution in [0.2, 0.25) is 5.15 Å². The van der Waals surface area contributed by atoms with E-state index in [2.05, 4.69) is 31.2 Å². The summed E-state index contributed by atoms with van der Waals surface area (Å²) in [6.45, 7) is 7.63. The van der Waals surface area contributed by atoms with E-state index >= 15 is 0 Å². The molecule has 1 saturated carbocycles. The smallest absolute Gasteiger partial charge is 0.130 e. The van der Waals surface area contributed by atoms with Crippen LogP contribution in [-0.2, 0) is 13.5 Å². The summed E-state index contributed by atoms with van der Waals surface area (Å²) in [7, 11) is 1.92. The van der Waals surface area contributed by atoms with Gasteiger partial charge in [0.1, 0.15) is 5.15 Å². The molecule has 0 radical (unpaired) electrons. The highest BCUT2D eigenvalue weighted by atomic mass is 35.5. The second-order valence-electron chi connectivity index (χ2n) is 6.20. The Bertz CT molecular complexity index is 425. The number of nitrogens with zero attached hydrogens (tertiary/aromatic N) is 2. The molecule has 108 valence electrons. The van der Waals surface area contributed by atoms with Gasteiger partial charge in [0.15, 0.2) is 0 Å². The van der Waals surface area contributed by atoms with Crippen LogP contribution < -0.4 is 5.32 Å². The number of rotatable bonds is 5. The maximum atomic E-state index is 6.35. The molecule has 0 bridgehead atoms. The molecule has 19 heavy (non-hydrogen) atoms. The lowest BCUT2D eigenvalue weighted by molar-refractivity contribution is 0.353. The van der Waals surface area contributed by atoms with Crippen molar-refractivity contribution in [2.75, 3.05) is 6.54 Å². The van der Waals surface area contributed by atoms with Gasteiger partial charge in [0.25, 0.3) is 0 Å². The minimum absolute atomic E-state index is 0.574. The molecule has 4 heteroatoms. The zero-order valence-corrected chi connectivity index (χ0v) is 13.3. The van der Waals surface area contributed by atoms with Crippen molar-refractivity contribution >= 4 is 11.6 Å². The van der Waals surface area contributed by atoms with Gasteiger partial charge in [-0.05, 0) is 44.6 Å². The number of halogens is 1. The molecular weight excluding hydrogens is 258 g/mol. The fourth-order valence-corrected chi connectivity index (χ4v) is 3.46. The molecule has 1 fully saturated rings. The summed E-state index contributed by atoms with van der Waals surface area (Å²) in [6.07, 6.45) is 5.12. The third kappa shape index (κ3) is 3.51. The molecule has 1 aliphatic carbocycles. The fourth-order valence-electron chi connectivity index (χ4n) is 3.21. The molecule has 0 spiro atoms. The van der Waals surface area contributed by atoms with Crippen LogP contribution in [0.4, 0.5) is 0 Å². The minimum Gasteiger partial charge on any atom is -0.314 e. The summed E-state index contributed by atoms with van der Waals surface area (Å²) >= 11 is 6.35. The third-order valence-corrected chi connectivity index (χ3v) is 4.81. The Morgan fingerprint density at radius 3 is 2.63 bits per heavy atom. The molecular formula is C15H26ClN3. The summed E-state index contributed by atoms with van der Waals surface area (Å²) in [4.78, 5) is 0. The highest BCUT2D eigenvalue weighted by molar-refractivity contribution is 6.30. The van der Waals surface area contributed by atoms with Gasteiger partial charge in [-0.25, -0.2) is 0 Å². The lowest BCUT2D eigenvalue weighted by Gasteiger charge is -2.21. The van der Waals surface area contributed by atoms with E-state index in [0.29, 0.717) is 6.04 Å². The van der Waals surface area contributed by atoms with Crippen LogP contribution >= 0.6 is 11.6 Å². The number of nitrogens with one attached hydrogen (secondary N) is 1. The molecule has 0 saturated heterocycles. The van der Waals surface area contributed by atoms with E-state index in [0.717, 1.165) is 35.6 Å². The van der Waals surface area contributed by atoms with Crippen LogP contribution in [0, 0.1) is 18.8 Å². The summed E-state index contributed by atoms with van der Waals surface area (Å²) in [6, 6.07) is 0.574. The van der Waals surface area contributed by atoms with Crippen LogP contribution in [-0.4, -0.2) is 22.4 Å². The van der Waals surface area contributed by atoms with Gasteiger partial charge in [0.05, 0.1) is 5.69 Å². The van der Waals surface area contributed by atoms with Crippen LogP contribution in [0.5, 0.6) is 0 Å². The normalized spacial score (nSPS) is 23.5. The number of aryl methyl sites for hydroxylation is 2. The molecule has 2 rings (SSSR count). The molecule has 0 amide bonds. The van der Waals surface area contributed by atoms with Crippen molar-refractivity contribution in [1.29, 1.82) is 0 Å². The monoisotopic (exact) mass is 283 g/mol. The Morgan fingerprint density at radius 2 is 2.05 bits per heavy atom. The number of hydrogen-bond donors (Lipinski definition) is 1. The summed E-state index contributed by atoms with van der Waals surface area (Å²) < 4.78 is 1.79. The average Bonchev–Trinajstić information content (AvgIpc) is 2.87. The fraction of sp³-hybridized carbons (Fsp3) is 0.800. The van der Waals surface area contributed by atoms with Gasteiger partial charge in [-0.3, -0.25) is 4.68 Å². The van der Waals surface area contributed by atoms with Crippen molar-refractivity contribution in [3.63, 3.8) is 0 Å². The third-order valence-electron chi connectivity index (χ3n) is 4.34. The molecule has 2 atom stereocenters. The highest BCUT2D eigenvalue weighted by Gasteiger charge is 2.29. The predicted octanol–water partition coefficient (Wildman–Crippen LogP) is 3.34. The minimum atomic E-state index is 0.574. The maximum absolute atomic E-state index is 6.35. The summed E-state index contributed by atoms with van der Waals surface area (Å²) in [5, 5.41) is 8.82. The lowest BCUT2D eigenvalue weighted by Crippen LogP contribution is -2.31. The molecule has 2 unspecified atom stereocenters. The van der Waals surface area contributed by atoms with Crippen molar-refractivity contribution in [2.45, 2.75) is 52.5 Å². The van der Waals surface area contributed by atoms with Crippen LogP contribution in [0.3, 0.4) is 0 Å². The Labute approximate surface area is 121 Å². The molecule has 1 aromatic rings. The quantitative estimate of drug-likeness (QED) is 0.898. The van der Waals surface area contributed by atoms with E-state index in [1.54, 1.807) is 4.68 Å². The number of hydrogen-bond acceptors (Lipinski definition) is 2. The van der Waals surface area contributed by atoms with Crippen LogP contribution in [0.25, 0.3) is 0 Å². The van der Waals surface area contributed by atoms with Crippen molar-refractivity contribution in [1.82, 2.24) is 15.1 Å². The zero-order chi connectivity index (χ0) is 14.0. The van der Waals surface area contributed by atoms with Gasteiger partial charge < -0.3 is 5.32 Å². The van der Waals surface area contributed by atoms with Gasteiger partial charge in [-0.2, -0.15) is 5.10 Å². The van der Waals surface area contributed by atoms with Crippen molar-refractivity contribution in [3.8, 4) is 0 Å². The Kier molecular flexibility index (Phi) is 4.91. The largest absolute Gasteiger partial charge is 0.314 e. The van der Waals surface area contributed by atoms with Crippen LogP contribution in [0.1, 0.15) is 44.4 Å². The van der Waals surface area contributed by atoms with E-state index in [1.807, 2.05) is 7.05 Å². The first kappa shape index (κ1) is 14.9. The van der Waals surface area contributed by atoms with Crippen molar-refractivity contribution in [2.24, 2.45) is 18.9 Å². The average molecular weight is 284 g/mol. The van der Waals surface area contributed by atoms with Crippen molar-refractivity contribution < 1.29 is 0 Å². The molecule has 1 heterocycles. The zero-order valence-electron chi connectivity index (χ0n) is 12.5. The predicted molar refractivity (Wildman–Crippen MR) is 80.6 cm³/mol. The molecule has 3 nitrogen and oxygen atoms in total. The second-order valence-corrected chi connectivity index (χ2v) is 6.55. The Hall–Kier alpha value is -0.540. The van der Waals surface area contributed by atoms with E-state index in [9.17, 15) is 0 Å². The van der Waals surface area contributed by atoms with Gasteiger partial charge in [0, 0.05) is 18.7 Å². The topological polar surface area (TPSA) is 29.9 Å². The van der Waals surface area contributed by atoms with Gasteiger partial charge >= 0.3 is 0 Å². The van der Waals surface area contributed by atoms with E-state index < -0.39 is 0 Å². The lowest BCUT2D eigenvalue weighted by atomic mass is 9.89. The molecule has 0 aliphatic heterocycles. The molecule has 1 aliphatic rings. The second kappa shape index (κ2) is 6.27. The molecule has 1 N–H and O–H groups in total. The summed E-state index contributed by atoms with van der Waals surface area (Å²) in [5.41, 5.74) is 2.35. The molecule has 1 aromatic heterocycles. The summed E-state index contributed by atoms with van der Waals surface area (Å²) in [5.74, 6) is 1.55. The Balaban J connectivity index is 2.01. The first-order chi connectivity index (χ1) is 8.99. The first-order valence-corrected chi connectivity index (χ1v) is 7.78. The number of aromatic nitrogens is 2. The van der Waals surface area contributed by atoms with Gasteiger partial charge in [-0.1, -0.05) is 31.9 Å². The van der Waals surface area contributed by atoms with E-state index in [-0.39, 0.29) is 0 Å². The Morgan fingerprint density at radius 1 is 1.37 bits per heavy atom. The standard InChI is InChI=1S/C15H26ClN3/c1-10(2)17-9-13-7-5-6-12(13)8-14-11(3)18-19(4)15(14)16/h10,12-13,17H,5-9H2,1-4H3. The molecule has 0 aromatic carbocycles. The van der Waals surface area contributed by atoms with Gasteiger partial charge in [0.2, 0.25) is 0 Å². The van der Waals surface area contributed by atoms with E-state index in [1.165, 1.54) is 24.8 Å². The van der Waals surface area contributed by atoms with Crippen molar-refractivity contribution in [3.05, 3.63) is 16.4 Å². The SMILES string of the molecule is Cc1nn(C)c(Cl)c1CC1CCCC1CNC(C)C. The van der Waals surface area contributed by atoms with E-state index in [4.69, 9.17) is 11.6 Å². The van der Waals surface area contributed by atoms with Gasteiger partial charge in [-0.15, -0.1) is 0 Å². The highest BCUT2D eigenvalue weighted by Crippen LogP contribution is 2.36.